The number of rotatable bonds is 15. The Kier molecular flexibility index (Phi) is 11.6. The standard InChI is InChI=1S/C27H50O4/c1-8-17-22(23(28)30-25(2,3)4)18-15-13-11-9-10-12-14-16-19-27(20-21-27)24(29)31-26(5,6)7/h22H,8-21H2,1-7H3. The van der Waals surface area contributed by atoms with E-state index in [9.17, 15) is 9.59 Å². The summed E-state index contributed by atoms with van der Waals surface area (Å²) in [6.07, 6.45) is 15.6. The monoisotopic (exact) mass is 438 g/mol. The zero-order chi connectivity index (χ0) is 23.5. The lowest BCUT2D eigenvalue weighted by Gasteiger charge is -2.24. The Hall–Kier alpha value is -1.06. The topological polar surface area (TPSA) is 52.6 Å². The highest BCUT2D eigenvalue weighted by Crippen LogP contribution is 2.51. The molecule has 0 amide bonds. The maximum atomic E-state index is 12.4. The van der Waals surface area contributed by atoms with Crippen molar-refractivity contribution in [1.29, 1.82) is 0 Å². The van der Waals surface area contributed by atoms with Gasteiger partial charge in [0.25, 0.3) is 0 Å². The van der Waals surface area contributed by atoms with Gasteiger partial charge in [-0.25, -0.2) is 0 Å². The Morgan fingerprint density at radius 2 is 1.23 bits per heavy atom. The molecule has 1 fully saturated rings. The van der Waals surface area contributed by atoms with Crippen LogP contribution in [0, 0.1) is 11.3 Å². The van der Waals surface area contributed by atoms with E-state index in [-0.39, 0.29) is 28.9 Å². The van der Waals surface area contributed by atoms with E-state index < -0.39 is 5.60 Å². The van der Waals surface area contributed by atoms with E-state index in [0.717, 1.165) is 51.4 Å². The maximum absolute atomic E-state index is 12.4. The van der Waals surface area contributed by atoms with Crippen LogP contribution in [0.2, 0.25) is 0 Å². The molecule has 0 aromatic rings. The van der Waals surface area contributed by atoms with Crippen molar-refractivity contribution in [1.82, 2.24) is 0 Å². The van der Waals surface area contributed by atoms with Crippen molar-refractivity contribution in [2.75, 3.05) is 0 Å². The van der Waals surface area contributed by atoms with Crippen LogP contribution >= 0.6 is 0 Å². The minimum atomic E-state index is -0.394. The normalized spacial score (nSPS) is 16.6. The number of unbranched alkanes of at least 4 members (excludes halogenated alkanes) is 7. The van der Waals surface area contributed by atoms with Crippen LogP contribution in [0.25, 0.3) is 0 Å². The third-order valence-electron chi connectivity index (χ3n) is 6.02. The summed E-state index contributed by atoms with van der Waals surface area (Å²) in [6.45, 7) is 13.8. The molecular formula is C27H50O4. The number of hydrogen-bond donors (Lipinski definition) is 0. The molecule has 0 aromatic heterocycles. The molecule has 1 unspecified atom stereocenters. The largest absolute Gasteiger partial charge is 0.460 e. The summed E-state index contributed by atoms with van der Waals surface area (Å²) in [7, 11) is 0. The van der Waals surface area contributed by atoms with Gasteiger partial charge >= 0.3 is 11.9 Å². The average molecular weight is 439 g/mol. The smallest absolute Gasteiger partial charge is 0.312 e. The van der Waals surface area contributed by atoms with Crippen LogP contribution in [0.5, 0.6) is 0 Å². The lowest BCUT2D eigenvalue weighted by Crippen LogP contribution is -2.29. The average Bonchev–Trinajstić information content (AvgIpc) is 3.40. The third kappa shape index (κ3) is 12.5. The maximum Gasteiger partial charge on any atom is 0.312 e. The van der Waals surface area contributed by atoms with Gasteiger partial charge in [0.1, 0.15) is 11.2 Å². The van der Waals surface area contributed by atoms with Crippen LogP contribution in [0.15, 0.2) is 0 Å². The zero-order valence-electron chi connectivity index (χ0n) is 21.6. The molecule has 4 nitrogen and oxygen atoms in total. The van der Waals surface area contributed by atoms with E-state index in [1.807, 2.05) is 41.5 Å². The van der Waals surface area contributed by atoms with E-state index in [1.165, 1.54) is 38.5 Å². The molecule has 0 aliphatic heterocycles. The van der Waals surface area contributed by atoms with Gasteiger partial charge in [-0.2, -0.15) is 0 Å². The van der Waals surface area contributed by atoms with Gasteiger partial charge in [0, 0.05) is 0 Å². The predicted octanol–water partition coefficient (Wildman–Crippen LogP) is 7.77. The Bertz CT molecular complexity index is 534. The first-order valence-corrected chi connectivity index (χ1v) is 12.8. The summed E-state index contributed by atoms with van der Waals surface area (Å²) in [5, 5.41) is 0. The van der Waals surface area contributed by atoms with Gasteiger partial charge in [-0.05, 0) is 73.6 Å². The molecule has 0 N–H and O–H groups in total. The summed E-state index contributed by atoms with van der Waals surface area (Å²) in [4.78, 5) is 24.7. The van der Waals surface area contributed by atoms with Crippen LogP contribution in [-0.2, 0) is 19.1 Å². The Morgan fingerprint density at radius 3 is 1.68 bits per heavy atom. The lowest BCUT2D eigenvalue weighted by molar-refractivity contribution is -0.162. The highest BCUT2D eigenvalue weighted by atomic mass is 16.6. The molecule has 4 heteroatoms. The first-order valence-electron chi connectivity index (χ1n) is 12.8. The highest BCUT2D eigenvalue weighted by Gasteiger charge is 2.51. The van der Waals surface area contributed by atoms with Crippen LogP contribution in [0.4, 0.5) is 0 Å². The lowest BCUT2D eigenvalue weighted by atomic mass is 9.95. The van der Waals surface area contributed by atoms with E-state index in [0.29, 0.717) is 0 Å². The molecule has 0 aromatic carbocycles. The fraction of sp³-hybridized carbons (Fsp3) is 0.926. The van der Waals surface area contributed by atoms with Crippen molar-refractivity contribution in [2.24, 2.45) is 11.3 Å². The summed E-state index contributed by atoms with van der Waals surface area (Å²) < 4.78 is 11.2. The molecule has 0 heterocycles. The minimum Gasteiger partial charge on any atom is -0.460 e. The van der Waals surface area contributed by atoms with E-state index in [4.69, 9.17) is 9.47 Å². The van der Waals surface area contributed by atoms with E-state index >= 15 is 0 Å². The van der Waals surface area contributed by atoms with Gasteiger partial charge in [-0.1, -0.05) is 64.7 Å². The van der Waals surface area contributed by atoms with E-state index in [2.05, 4.69) is 6.92 Å². The van der Waals surface area contributed by atoms with Crippen molar-refractivity contribution in [3.63, 3.8) is 0 Å². The molecule has 182 valence electrons. The van der Waals surface area contributed by atoms with Crippen LogP contribution < -0.4 is 0 Å². The third-order valence-corrected chi connectivity index (χ3v) is 6.02. The number of ether oxygens (including phenoxy) is 2. The fourth-order valence-corrected chi connectivity index (χ4v) is 4.12. The number of carbonyl (C=O) groups is 2. The molecule has 0 radical (unpaired) electrons. The second-order valence-corrected chi connectivity index (χ2v) is 11.7. The SMILES string of the molecule is CCCC(CCCCCCCCCCC1(C(=O)OC(C)(C)C)CC1)C(=O)OC(C)(C)C. The molecule has 1 atom stereocenters. The van der Waals surface area contributed by atoms with Crippen LogP contribution in [-0.4, -0.2) is 23.1 Å². The molecule has 1 aliphatic rings. The number of carbonyl (C=O) groups excluding carboxylic acids is 2. The van der Waals surface area contributed by atoms with Gasteiger partial charge in [-0.15, -0.1) is 0 Å². The number of hydrogen-bond acceptors (Lipinski definition) is 4. The summed E-state index contributed by atoms with van der Waals surface area (Å²) in [5.41, 5.74) is -0.929. The molecule has 31 heavy (non-hydrogen) atoms. The van der Waals surface area contributed by atoms with Crippen LogP contribution in [0.3, 0.4) is 0 Å². The Balaban J connectivity index is 2.07. The minimum absolute atomic E-state index is 0.0193. The van der Waals surface area contributed by atoms with Crippen molar-refractivity contribution in [3.8, 4) is 0 Å². The highest BCUT2D eigenvalue weighted by molar-refractivity contribution is 5.80. The summed E-state index contributed by atoms with van der Waals surface area (Å²) in [5.74, 6) is 0.0610. The van der Waals surface area contributed by atoms with Gasteiger partial charge < -0.3 is 9.47 Å². The second kappa shape index (κ2) is 12.8. The molecular weight excluding hydrogens is 388 g/mol. The first kappa shape index (κ1) is 28.0. The van der Waals surface area contributed by atoms with Crippen LogP contribution in [0.1, 0.15) is 138 Å². The van der Waals surface area contributed by atoms with Crippen molar-refractivity contribution in [2.45, 2.75) is 150 Å². The summed E-state index contributed by atoms with van der Waals surface area (Å²) >= 11 is 0. The van der Waals surface area contributed by atoms with Crippen molar-refractivity contribution >= 4 is 11.9 Å². The fourth-order valence-electron chi connectivity index (χ4n) is 4.12. The molecule has 0 spiro atoms. The Morgan fingerprint density at radius 1 is 0.742 bits per heavy atom. The van der Waals surface area contributed by atoms with E-state index in [1.54, 1.807) is 0 Å². The van der Waals surface area contributed by atoms with Gasteiger partial charge in [0.2, 0.25) is 0 Å². The first-order chi connectivity index (χ1) is 14.4. The molecule has 1 aliphatic carbocycles. The quantitative estimate of drug-likeness (QED) is 0.193. The van der Waals surface area contributed by atoms with Gasteiger partial charge in [0.15, 0.2) is 0 Å². The van der Waals surface area contributed by atoms with Gasteiger partial charge in [-0.3, -0.25) is 9.59 Å². The predicted molar refractivity (Wildman–Crippen MR) is 128 cm³/mol. The molecule has 0 bridgehead atoms. The summed E-state index contributed by atoms with van der Waals surface area (Å²) in [6, 6.07) is 0. The Labute approximate surface area is 192 Å². The van der Waals surface area contributed by atoms with Crippen molar-refractivity contribution < 1.29 is 19.1 Å². The zero-order valence-corrected chi connectivity index (χ0v) is 21.6. The molecule has 0 saturated heterocycles. The molecule has 1 rings (SSSR count). The number of esters is 2. The van der Waals surface area contributed by atoms with Gasteiger partial charge in [0.05, 0.1) is 11.3 Å². The second-order valence-electron chi connectivity index (χ2n) is 11.7. The molecule has 1 saturated carbocycles. The van der Waals surface area contributed by atoms with Crippen molar-refractivity contribution in [3.05, 3.63) is 0 Å².